The van der Waals surface area contributed by atoms with E-state index in [1.807, 2.05) is 24.8 Å². The summed E-state index contributed by atoms with van der Waals surface area (Å²) in [4.78, 5) is 32.4. The number of para-hydroxylation sites is 2. The lowest BCUT2D eigenvalue weighted by molar-refractivity contribution is -0.892. The van der Waals surface area contributed by atoms with Gasteiger partial charge in [0.2, 0.25) is 11.4 Å². The molecule has 0 fully saturated rings. The van der Waals surface area contributed by atoms with Gasteiger partial charge in [0.1, 0.15) is 0 Å². The number of hydrogen-bond acceptors (Lipinski definition) is 5. The van der Waals surface area contributed by atoms with E-state index in [4.69, 9.17) is 0 Å². The van der Waals surface area contributed by atoms with Crippen molar-refractivity contribution in [2.24, 2.45) is 0 Å². The highest BCUT2D eigenvalue weighted by Gasteiger charge is 2.22. The Hall–Kier alpha value is -4.21. The first-order valence-electron chi connectivity index (χ1n) is 17.2. The highest BCUT2D eigenvalue weighted by Crippen LogP contribution is 2.45. The van der Waals surface area contributed by atoms with Crippen LogP contribution in [-0.4, -0.2) is 68.6 Å². The summed E-state index contributed by atoms with van der Waals surface area (Å²) < 4.78 is 3.36. The van der Waals surface area contributed by atoms with Crippen molar-refractivity contribution in [2.45, 2.75) is 56.9 Å². The highest BCUT2D eigenvalue weighted by molar-refractivity contribution is 8.03. The Morgan fingerprint density at radius 3 is 2.48 bits per heavy atom. The maximum absolute atomic E-state index is 12.3. The lowest BCUT2D eigenvalue weighted by atomic mass is 10.1. The predicted molar refractivity (Wildman–Crippen MR) is 197 cm³/mol. The molecule has 2 N–H and O–H groups in total. The van der Waals surface area contributed by atoms with E-state index >= 15 is 0 Å². The quantitative estimate of drug-likeness (QED) is 0.0847. The maximum Gasteiger partial charge on any atom is 0.252 e. The first kappa shape index (κ1) is 35.1. The van der Waals surface area contributed by atoms with Crippen LogP contribution >= 0.6 is 11.8 Å². The number of nitrogens with one attached hydrogen (secondary N) is 2. The molecule has 2 amide bonds. The van der Waals surface area contributed by atoms with Crippen LogP contribution in [0.4, 0.5) is 5.69 Å². The molecule has 8 nitrogen and oxygen atoms in total. The molecule has 1 aliphatic heterocycles. The summed E-state index contributed by atoms with van der Waals surface area (Å²) in [5.41, 5.74) is 5.26. The number of pyridine rings is 2. The maximum atomic E-state index is 12.3. The van der Waals surface area contributed by atoms with Crippen LogP contribution in [-0.2, 0) is 17.8 Å². The number of carbonyl (C=O) groups is 2. The van der Waals surface area contributed by atoms with Crippen LogP contribution in [0, 0.1) is 0 Å². The van der Waals surface area contributed by atoms with Crippen LogP contribution in [0.1, 0.15) is 60.6 Å². The number of nitrogens with zero attached hydrogens (tertiary/aromatic N) is 4. The summed E-state index contributed by atoms with van der Waals surface area (Å²) in [6.45, 7) is 6.01. The molecule has 0 aliphatic carbocycles. The number of hydrogen-bond donors (Lipinski definition) is 2. The van der Waals surface area contributed by atoms with E-state index in [2.05, 4.69) is 113 Å². The van der Waals surface area contributed by atoms with Gasteiger partial charge in [-0.1, -0.05) is 43.0 Å². The zero-order valence-electron chi connectivity index (χ0n) is 28.9. The average Bonchev–Trinajstić information content (AvgIpc) is 3.41. The van der Waals surface area contributed by atoms with Crippen LogP contribution < -0.4 is 20.1 Å². The molecule has 2 aromatic carbocycles. The summed E-state index contributed by atoms with van der Waals surface area (Å²) in [5, 5.41) is 8.27. The first-order valence-corrected chi connectivity index (χ1v) is 18.0. The third-order valence-electron chi connectivity index (χ3n) is 9.02. The third kappa shape index (κ3) is 9.45. The van der Waals surface area contributed by atoms with Crippen LogP contribution in [0.2, 0.25) is 0 Å². The largest absolute Gasteiger partial charge is 0.354 e. The van der Waals surface area contributed by atoms with Crippen LogP contribution in [0.25, 0.3) is 17.0 Å². The number of quaternary nitrogens is 1. The van der Waals surface area contributed by atoms with Crippen molar-refractivity contribution >= 4 is 46.2 Å². The van der Waals surface area contributed by atoms with Gasteiger partial charge in [-0.15, -0.1) is 0 Å². The van der Waals surface area contributed by atoms with Crippen molar-refractivity contribution in [3.05, 3.63) is 101 Å². The zero-order chi connectivity index (χ0) is 33.9. The molecule has 1 aliphatic rings. The van der Waals surface area contributed by atoms with Crippen molar-refractivity contribution in [3.63, 3.8) is 0 Å². The van der Waals surface area contributed by atoms with Gasteiger partial charge in [0.15, 0.2) is 12.7 Å². The van der Waals surface area contributed by atoms with E-state index in [0.717, 1.165) is 61.9 Å². The number of amides is 2. The van der Waals surface area contributed by atoms with Gasteiger partial charge in [-0.3, -0.25) is 14.6 Å². The van der Waals surface area contributed by atoms with Crippen LogP contribution in [0.5, 0.6) is 0 Å². The Kier molecular flexibility index (Phi) is 12.3. The third-order valence-corrected chi connectivity index (χ3v) is 10.2. The van der Waals surface area contributed by atoms with Crippen molar-refractivity contribution in [1.82, 2.24) is 15.6 Å². The van der Waals surface area contributed by atoms with Gasteiger partial charge in [-0.25, -0.2) is 0 Å². The molecule has 252 valence electrons. The fraction of sp³-hybridized carbons (Fsp3) is 0.385. The second kappa shape index (κ2) is 16.8. The molecule has 0 unspecified atom stereocenters. The van der Waals surface area contributed by atoms with E-state index in [-0.39, 0.29) is 11.8 Å². The molecule has 0 bridgehead atoms. The number of benzene rings is 2. The van der Waals surface area contributed by atoms with Gasteiger partial charge in [0.05, 0.1) is 55.3 Å². The number of aryl methyl sites for hydroxylation is 2. The van der Waals surface area contributed by atoms with Gasteiger partial charge in [0, 0.05) is 55.5 Å². The highest BCUT2D eigenvalue weighted by atomic mass is 32.2. The number of unbranched alkanes of at least 4 members (excludes halogenated alkanes) is 2. The lowest BCUT2D eigenvalue weighted by Crippen LogP contribution is -2.44. The standard InChI is InChI=1S/C39H48N6O2S/c1-5-32-20-19-31(29-42-32)39(47)41-23-22-40-37(46)18-7-6-12-26-45(3,4)27-13-24-44-25-21-30(33-14-8-9-15-34(33)44)28-38-43(2)35-16-10-11-17-36(35)48-38/h8-11,14-17,19-21,25,28-29H,5-7,12-13,18,22-24,26-27H2,1-4H3/p+2. The van der Waals surface area contributed by atoms with E-state index in [0.29, 0.717) is 25.1 Å². The molecular weight excluding hydrogens is 617 g/mol. The molecule has 0 spiro atoms. The fourth-order valence-corrected chi connectivity index (χ4v) is 7.23. The number of aromatic nitrogens is 2. The monoisotopic (exact) mass is 666 g/mol. The molecule has 0 radical (unpaired) electrons. The second-order valence-corrected chi connectivity index (χ2v) is 14.2. The van der Waals surface area contributed by atoms with Crippen molar-refractivity contribution in [3.8, 4) is 0 Å². The normalized spacial score (nSPS) is 13.6. The fourth-order valence-electron chi connectivity index (χ4n) is 6.13. The number of anilines is 1. The molecule has 9 heteroatoms. The molecular formula is C39H50N6O2S+2. The molecule has 4 aromatic rings. The van der Waals surface area contributed by atoms with Gasteiger partial charge in [0.25, 0.3) is 5.91 Å². The number of carbonyl (C=O) groups excluding carboxylic acids is 2. The number of rotatable bonds is 16. The molecule has 3 heterocycles. The summed E-state index contributed by atoms with van der Waals surface area (Å²) in [6.07, 6.45) is 11.6. The number of thioether (sulfide) groups is 1. The van der Waals surface area contributed by atoms with E-state index in [1.54, 1.807) is 12.3 Å². The lowest BCUT2D eigenvalue weighted by Gasteiger charge is -2.29. The summed E-state index contributed by atoms with van der Waals surface area (Å²) in [7, 11) is 6.76. The Bertz CT molecular complexity index is 1740. The second-order valence-electron chi connectivity index (χ2n) is 13.1. The molecule has 0 saturated carbocycles. The molecule has 2 aromatic heterocycles. The zero-order valence-corrected chi connectivity index (χ0v) is 29.7. The Morgan fingerprint density at radius 1 is 0.917 bits per heavy atom. The van der Waals surface area contributed by atoms with Crippen molar-refractivity contribution < 1.29 is 18.6 Å². The Balaban J connectivity index is 0.997. The minimum Gasteiger partial charge on any atom is -0.354 e. The number of fused-ring (bicyclic) bond motifs is 2. The van der Waals surface area contributed by atoms with Crippen LogP contribution in [0.15, 0.2) is 89.0 Å². The Labute approximate surface area is 289 Å². The first-order chi connectivity index (χ1) is 23.2. The van der Waals surface area contributed by atoms with Crippen molar-refractivity contribution in [2.75, 3.05) is 52.2 Å². The summed E-state index contributed by atoms with van der Waals surface area (Å²) in [6, 6.07) is 23.2. The average molecular weight is 667 g/mol. The predicted octanol–water partition coefficient (Wildman–Crippen LogP) is 6.20. The summed E-state index contributed by atoms with van der Waals surface area (Å²) in [5.74, 6) is -0.130. The van der Waals surface area contributed by atoms with Crippen molar-refractivity contribution in [1.29, 1.82) is 0 Å². The molecule has 0 saturated heterocycles. The molecule has 48 heavy (non-hydrogen) atoms. The van der Waals surface area contributed by atoms with E-state index in [9.17, 15) is 9.59 Å². The van der Waals surface area contributed by atoms with Gasteiger partial charge in [-0.05, 0) is 67.7 Å². The minimum absolute atomic E-state index is 0.0394. The topological polar surface area (TPSA) is 78.2 Å². The van der Waals surface area contributed by atoms with Gasteiger partial charge in [-0.2, -0.15) is 4.57 Å². The smallest absolute Gasteiger partial charge is 0.252 e. The molecule has 5 rings (SSSR count). The van der Waals surface area contributed by atoms with Crippen LogP contribution in [0.3, 0.4) is 0 Å². The van der Waals surface area contributed by atoms with E-state index in [1.165, 1.54) is 32.1 Å². The molecule has 0 atom stereocenters. The SMILES string of the molecule is CCc1ccc(C(=O)NCCNC(=O)CCCCC[N+](C)(C)CCC[n+]2ccc(C=C3Sc4ccccc4N3C)c3ccccc32)cn1. The summed E-state index contributed by atoms with van der Waals surface area (Å²) >= 11 is 1.83. The van der Waals surface area contributed by atoms with Gasteiger partial charge < -0.3 is 20.0 Å². The van der Waals surface area contributed by atoms with E-state index < -0.39 is 0 Å². The Morgan fingerprint density at radius 2 is 1.69 bits per heavy atom. The van der Waals surface area contributed by atoms with Gasteiger partial charge >= 0.3 is 0 Å². The minimum atomic E-state index is -0.170.